The number of benzene rings is 6. The summed E-state index contributed by atoms with van der Waals surface area (Å²) in [6, 6.07) is 58.7. The summed E-state index contributed by atoms with van der Waals surface area (Å²) in [6.45, 7) is 1.32. The standard InChI is InChI=1S/C16H16N4O2.2C16H16N4O.C16H18N4.C16H16N4.C16H17N3O/c1-18-16(21)22-15-7-11(5-6-12(15)8-17)14-4-2-3-13-9-19-10-20(13)14;1-21-19-11-16-18-10-14-3-2-4-15(20(14)16)13-7-5-12(9-17)6-8-13;1-18-16(21)15-19-10-13-3-2-4-14(20(13)15)12-7-5-11(9-17)6-8-12;2*1-18-11-16-19-10-14-3-2-4-15(20(14)16)13-7-5-12(9-17)6-8-13;1-20-11-16-18-10-14-3-2-4-15(19(14)16)13-7-5-12(9-17)6-8-13/h5-7,9-10,14H,2-4H2,1H3,(H,18,21);5-8,10-11,15H,2-4H2,1H3;5-8,10,14H,2-4H2,1H3,(H,18,21);5-8,10,15,18H,2-4,11H2,1H3;5-8,10-11,15H,2-4H2,1H3;5-8,10,15H,2-4,11H2,1H3/b;19-11+;;;;. The number of methoxy groups -OCH3 is 1. The Balaban J connectivity index is 0.000000128. The van der Waals surface area contributed by atoms with Gasteiger partial charge in [-0.15, -0.1) is 0 Å². The number of ether oxygens (including phenoxy) is 2. The zero-order valence-corrected chi connectivity index (χ0v) is 70.6. The lowest BCUT2D eigenvalue weighted by Gasteiger charge is -2.28. The molecule has 6 aliphatic rings. The van der Waals surface area contributed by atoms with Crippen LogP contribution in [0.1, 0.15) is 248 Å². The van der Waals surface area contributed by atoms with Crippen LogP contribution in [-0.4, -0.2) is 124 Å². The molecule has 0 bridgehead atoms. The van der Waals surface area contributed by atoms with Crippen LogP contribution in [0.15, 0.2) is 193 Å². The van der Waals surface area contributed by atoms with E-state index in [1.54, 1.807) is 45.7 Å². The summed E-state index contributed by atoms with van der Waals surface area (Å²) in [4.78, 5) is 58.7. The number of oxime groups is 1. The molecule has 12 heterocycles. The van der Waals surface area contributed by atoms with Crippen LogP contribution in [0.3, 0.4) is 0 Å². The van der Waals surface area contributed by atoms with Crippen molar-refractivity contribution in [1.82, 2.24) is 73.3 Å². The van der Waals surface area contributed by atoms with E-state index >= 15 is 0 Å². The predicted molar refractivity (Wildman–Crippen MR) is 467 cm³/mol. The minimum atomic E-state index is -0.583. The second-order valence-corrected chi connectivity index (χ2v) is 30.7. The van der Waals surface area contributed by atoms with Crippen molar-refractivity contribution in [3.63, 3.8) is 0 Å². The molecule has 6 aliphatic heterocycles. The average molecular weight is 1660 g/mol. The number of hydrogen-bond donors (Lipinski definition) is 3. The molecule has 12 aromatic rings. The van der Waals surface area contributed by atoms with Crippen LogP contribution < -0.4 is 20.7 Å². The molecular weight excluding hydrogens is 1560 g/mol. The van der Waals surface area contributed by atoms with E-state index in [1.165, 1.54) is 84.1 Å². The predicted octanol–water partition coefficient (Wildman–Crippen LogP) is 15.1. The number of nitriles is 6. The summed E-state index contributed by atoms with van der Waals surface area (Å²) < 4.78 is 23.8. The quantitative estimate of drug-likeness (QED) is 0.0634. The van der Waals surface area contributed by atoms with E-state index in [2.05, 4.69) is 133 Å². The van der Waals surface area contributed by atoms with Gasteiger partial charge in [0.2, 0.25) is 0 Å². The van der Waals surface area contributed by atoms with Crippen LogP contribution >= 0.6 is 0 Å². The third-order valence-electron chi connectivity index (χ3n) is 23.3. The number of imidazole rings is 6. The molecule has 18 rings (SSSR count). The molecule has 0 saturated carbocycles. The van der Waals surface area contributed by atoms with Crippen LogP contribution in [0.25, 0.3) is 0 Å². The second-order valence-electron chi connectivity index (χ2n) is 30.7. The van der Waals surface area contributed by atoms with Gasteiger partial charge in [0, 0.05) is 99.6 Å². The maximum atomic E-state index is 12.0. The Labute approximate surface area is 722 Å². The molecule has 3 N–H and O–H groups in total. The van der Waals surface area contributed by atoms with Gasteiger partial charge in [-0.2, -0.15) is 31.6 Å². The van der Waals surface area contributed by atoms with Crippen molar-refractivity contribution in [3.8, 4) is 42.2 Å². The molecule has 6 atom stereocenters. The molecule has 124 heavy (non-hydrogen) atoms. The van der Waals surface area contributed by atoms with Crippen LogP contribution in [-0.2, 0) is 61.3 Å². The van der Waals surface area contributed by atoms with E-state index < -0.39 is 6.09 Å². The molecule has 28 nitrogen and oxygen atoms in total. The number of nitrogens with zero attached hydrogens (tertiary/aromatic N) is 20. The monoisotopic (exact) mass is 1650 g/mol. The topological polar surface area (TPSA) is 372 Å². The van der Waals surface area contributed by atoms with Gasteiger partial charge in [0.15, 0.2) is 23.2 Å². The Hall–Kier alpha value is -14.7. The molecule has 0 aliphatic carbocycles. The highest BCUT2D eigenvalue weighted by atomic mass is 16.6. The highest BCUT2D eigenvalue weighted by molar-refractivity contribution is 5.90. The maximum absolute atomic E-state index is 12.0. The zero-order valence-electron chi connectivity index (χ0n) is 70.6. The van der Waals surface area contributed by atoms with Gasteiger partial charge in [0.25, 0.3) is 5.91 Å². The van der Waals surface area contributed by atoms with Gasteiger partial charge >= 0.3 is 6.09 Å². The molecule has 0 spiro atoms. The van der Waals surface area contributed by atoms with Crippen molar-refractivity contribution >= 4 is 24.4 Å². The SMILES string of the molecule is CN=Cc1ncc2n1C(c1ccc(C#N)cc1)CCC2.CNC(=O)Oc1cc(C2CCCc3cncn32)ccc1C#N.CNC(=O)c1ncc2n1C(c1ccc(C#N)cc1)CCC2.CNCc1ncc2n1C(c1ccc(C#N)cc1)CCC2.CO/N=C/c1ncc2n1C(c1ccc(C#N)cc1)CCC2.COCc1ncc2n1C(c1ccc(C#N)cc1)CCC2. The number of fused-ring (bicyclic) bond motifs is 6. The number of rotatable bonds is 15. The van der Waals surface area contributed by atoms with E-state index in [-0.39, 0.29) is 29.8 Å². The van der Waals surface area contributed by atoms with Crippen LogP contribution in [0, 0.1) is 68.0 Å². The Bertz CT molecular complexity index is 5870. The first-order chi connectivity index (χ1) is 60.8. The largest absolute Gasteiger partial charge is 0.412 e. The lowest BCUT2D eigenvalue weighted by Crippen LogP contribution is -2.27. The Morgan fingerprint density at radius 1 is 0.435 bits per heavy atom. The van der Waals surface area contributed by atoms with E-state index in [0.29, 0.717) is 63.9 Å². The molecule has 28 heteroatoms. The van der Waals surface area contributed by atoms with Crippen LogP contribution in [0.4, 0.5) is 4.79 Å². The third kappa shape index (κ3) is 20.3. The van der Waals surface area contributed by atoms with Gasteiger partial charge < -0.3 is 57.7 Å². The van der Waals surface area contributed by atoms with Gasteiger partial charge in [-0.1, -0.05) is 71.9 Å². The summed E-state index contributed by atoms with van der Waals surface area (Å²) in [7, 11) is 10.0. The minimum Gasteiger partial charge on any atom is -0.409 e. The summed E-state index contributed by atoms with van der Waals surface area (Å²) >= 11 is 0. The lowest BCUT2D eigenvalue weighted by atomic mass is 9.95. The van der Waals surface area contributed by atoms with Crippen molar-refractivity contribution < 1.29 is 23.9 Å². The average Bonchev–Trinajstić information content (AvgIpc) is 1.81. The number of amides is 2. The first-order valence-corrected chi connectivity index (χ1v) is 41.9. The highest BCUT2D eigenvalue weighted by Crippen LogP contribution is 2.39. The van der Waals surface area contributed by atoms with Gasteiger partial charge in [-0.25, -0.2) is 34.7 Å². The molecule has 0 fully saturated rings. The number of hydrogen-bond acceptors (Lipinski definition) is 20. The molecular formula is C96H99N23O5. The highest BCUT2D eigenvalue weighted by Gasteiger charge is 2.32. The molecule has 2 amide bonds. The Morgan fingerprint density at radius 3 is 1.23 bits per heavy atom. The van der Waals surface area contributed by atoms with Crippen molar-refractivity contribution in [2.45, 2.75) is 165 Å². The molecule has 0 saturated heterocycles. The zero-order chi connectivity index (χ0) is 86.9. The smallest absolute Gasteiger partial charge is 0.409 e. The fraction of sp³-hybridized carbons (Fsp3) is 0.333. The van der Waals surface area contributed by atoms with Gasteiger partial charge in [0.05, 0.1) is 119 Å². The van der Waals surface area contributed by atoms with Gasteiger partial charge in [-0.3, -0.25) is 9.79 Å². The van der Waals surface area contributed by atoms with Crippen LogP contribution in [0.2, 0.25) is 0 Å². The molecule has 628 valence electrons. The third-order valence-corrected chi connectivity index (χ3v) is 23.3. The number of aromatic nitrogens is 12. The normalized spacial score (nSPS) is 17.3. The summed E-state index contributed by atoms with van der Waals surface area (Å²) in [6.07, 6.45) is 35.6. The van der Waals surface area contributed by atoms with Gasteiger partial charge in [0.1, 0.15) is 37.6 Å². The van der Waals surface area contributed by atoms with Crippen molar-refractivity contribution in [1.29, 1.82) is 31.6 Å². The molecule has 0 radical (unpaired) electrons. The van der Waals surface area contributed by atoms with E-state index in [0.717, 1.165) is 143 Å². The molecule has 6 aromatic carbocycles. The number of aliphatic imine (C=N–C) groups is 1. The van der Waals surface area contributed by atoms with E-state index in [9.17, 15) is 9.59 Å². The Kier molecular flexibility index (Phi) is 29.9. The summed E-state index contributed by atoms with van der Waals surface area (Å²) in [5.41, 5.74) is 18.2. The van der Waals surface area contributed by atoms with Crippen molar-refractivity contribution in [2.24, 2.45) is 10.1 Å². The molecule has 6 aromatic heterocycles. The van der Waals surface area contributed by atoms with E-state index in [1.807, 2.05) is 164 Å². The maximum Gasteiger partial charge on any atom is 0.412 e. The fourth-order valence-corrected chi connectivity index (χ4v) is 17.4. The number of carbonyl (C=O) groups is 2. The molecule has 6 unspecified atom stereocenters. The lowest BCUT2D eigenvalue weighted by molar-refractivity contribution is 0.0945. The Morgan fingerprint density at radius 2 is 0.815 bits per heavy atom. The summed E-state index contributed by atoms with van der Waals surface area (Å²) in [5.74, 6) is 4.38. The van der Waals surface area contributed by atoms with E-state index in [4.69, 9.17) is 45.9 Å². The summed E-state index contributed by atoms with van der Waals surface area (Å²) in [5, 5.41) is 65.7. The van der Waals surface area contributed by atoms with Crippen molar-refractivity contribution in [2.75, 3.05) is 42.4 Å². The van der Waals surface area contributed by atoms with Crippen LogP contribution in [0.5, 0.6) is 5.75 Å². The first-order valence-electron chi connectivity index (χ1n) is 41.9. The number of carbonyl (C=O) groups excluding carboxylic acids is 2. The number of nitrogens with one attached hydrogen (secondary N) is 3. The van der Waals surface area contributed by atoms with Gasteiger partial charge in [-0.05, 0) is 229 Å². The first kappa shape index (κ1) is 87.1. The minimum absolute atomic E-state index is 0.108. The second kappa shape index (κ2) is 42.5. The fourth-order valence-electron chi connectivity index (χ4n) is 17.4. The number of aryl methyl sites for hydroxylation is 6. The van der Waals surface area contributed by atoms with Crippen molar-refractivity contribution in [3.05, 3.63) is 313 Å².